The lowest BCUT2D eigenvalue weighted by Gasteiger charge is -2.08. The van der Waals surface area contributed by atoms with Crippen LogP contribution in [0, 0.1) is 0 Å². The van der Waals surface area contributed by atoms with Gasteiger partial charge >= 0.3 is 0 Å². The first kappa shape index (κ1) is 12.6. The normalized spacial score (nSPS) is 10.4. The topological polar surface area (TPSA) is 50.9 Å². The Morgan fingerprint density at radius 3 is 2.40 bits per heavy atom. The molecule has 0 aliphatic heterocycles. The minimum atomic E-state index is 0.308. The second-order valence-electron chi connectivity index (χ2n) is 4.48. The highest BCUT2D eigenvalue weighted by Crippen LogP contribution is 2.21. The molecule has 1 heterocycles. The lowest BCUT2D eigenvalue weighted by atomic mass is 10.1. The van der Waals surface area contributed by atoms with Gasteiger partial charge in [-0.3, -0.25) is 4.98 Å². The lowest BCUT2D eigenvalue weighted by Crippen LogP contribution is -2.11. The van der Waals surface area contributed by atoms with Crippen LogP contribution in [0.2, 0.25) is 0 Å². The van der Waals surface area contributed by atoms with E-state index in [2.05, 4.69) is 34.6 Å². The van der Waals surface area contributed by atoms with E-state index >= 15 is 0 Å². The van der Waals surface area contributed by atoms with Gasteiger partial charge in [0, 0.05) is 5.69 Å². The third kappa shape index (κ3) is 2.60. The maximum absolute atomic E-state index is 5.53. The number of nitrogens with one attached hydrogen (secondary N) is 1. The molecule has 3 N–H and O–H groups in total. The van der Waals surface area contributed by atoms with E-state index < -0.39 is 0 Å². The van der Waals surface area contributed by atoms with Gasteiger partial charge in [0.1, 0.15) is 4.99 Å². The van der Waals surface area contributed by atoms with Gasteiger partial charge in [0.25, 0.3) is 0 Å². The summed E-state index contributed by atoms with van der Waals surface area (Å²) in [6, 6.07) is 18.2. The summed E-state index contributed by atoms with van der Waals surface area (Å²) in [7, 11) is 0. The Hall–Kier alpha value is -2.46. The molecule has 3 rings (SSSR count). The van der Waals surface area contributed by atoms with Crippen LogP contribution in [-0.2, 0) is 0 Å². The van der Waals surface area contributed by atoms with Crippen molar-refractivity contribution in [1.82, 2.24) is 4.98 Å². The van der Waals surface area contributed by atoms with Crippen LogP contribution < -0.4 is 11.1 Å². The summed E-state index contributed by atoms with van der Waals surface area (Å²) >= 11 is 4.88. The number of rotatable bonds is 3. The summed E-state index contributed by atoms with van der Waals surface area (Å²) in [6.45, 7) is 0. The van der Waals surface area contributed by atoms with Crippen LogP contribution in [0.5, 0.6) is 0 Å². The average Bonchev–Trinajstić information content (AvgIpc) is 2.48. The molecule has 0 saturated carbocycles. The van der Waals surface area contributed by atoms with Crippen molar-refractivity contribution in [2.45, 2.75) is 0 Å². The van der Waals surface area contributed by atoms with Gasteiger partial charge in [0.2, 0.25) is 0 Å². The molecule has 0 radical (unpaired) electrons. The zero-order valence-corrected chi connectivity index (χ0v) is 11.5. The molecule has 0 amide bonds. The number of anilines is 2. The summed E-state index contributed by atoms with van der Waals surface area (Å²) in [5.41, 5.74) is 8.08. The smallest absolute Gasteiger partial charge is 0.122 e. The summed E-state index contributed by atoms with van der Waals surface area (Å²) < 4.78 is 0. The van der Waals surface area contributed by atoms with E-state index in [9.17, 15) is 0 Å². The first-order chi connectivity index (χ1) is 9.72. The van der Waals surface area contributed by atoms with Crippen molar-refractivity contribution in [3.8, 4) is 0 Å². The average molecular weight is 279 g/mol. The molecule has 0 fully saturated rings. The Labute approximate surface area is 122 Å². The number of hydrogen-bond donors (Lipinski definition) is 2. The van der Waals surface area contributed by atoms with Gasteiger partial charge in [-0.15, -0.1) is 0 Å². The molecule has 2 aromatic carbocycles. The highest BCUT2D eigenvalue weighted by Gasteiger charge is 2.00. The fourth-order valence-corrected chi connectivity index (χ4v) is 2.17. The zero-order chi connectivity index (χ0) is 13.9. The molecule has 1 aromatic heterocycles. The predicted molar refractivity (Wildman–Crippen MR) is 87.4 cm³/mol. The van der Waals surface area contributed by atoms with Crippen molar-refractivity contribution in [1.29, 1.82) is 0 Å². The Morgan fingerprint density at radius 1 is 0.950 bits per heavy atom. The summed E-state index contributed by atoms with van der Waals surface area (Å²) in [6.07, 6.45) is 1.73. The van der Waals surface area contributed by atoms with Crippen molar-refractivity contribution >= 4 is 39.4 Å². The van der Waals surface area contributed by atoms with E-state index in [-0.39, 0.29) is 0 Å². The molecular weight excluding hydrogens is 266 g/mol. The van der Waals surface area contributed by atoms with E-state index in [1.807, 2.05) is 30.3 Å². The van der Waals surface area contributed by atoms with Crippen molar-refractivity contribution in [2.75, 3.05) is 5.32 Å². The number of nitrogens with two attached hydrogens (primary N) is 1. The standard InChI is InChI=1S/C16H13N3S/c17-16(20)15-8-7-14(10-18-15)19-13-6-5-11-3-1-2-4-12(11)9-13/h1-10,19H,(H2,17,20). The largest absolute Gasteiger partial charge is 0.388 e. The van der Waals surface area contributed by atoms with Gasteiger partial charge in [-0.1, -0.05) is 42.5 Å². The number of benzene rings is 2. The van der Waals surface area contributed by atoms with Crippen LogP contribution >= 0.6 is 12.2 Å². The number of thiocarbonyl (C=S) groups is 1. The molecule has 0 aliphatic carbocycles. The third-order valence-corrected chi connectivity index (χ3v) is 3.26. The second-order valence-corrected chi connectivity index (χ2v) is 4.92. The van der Waals surface area contributed by atoms with Gasteiger partial charge in [-0.05, 0) is 35.0 Å². The molecule has 98 valence electrons. The molecular formula is C16H13N3S. The van der Waals surface area contributed by atoms with Gasteiger partial charge in [-0.2, -0.15) is 0 Å². The number of fused-ring (bicyclic) bond motifs is 1. The van der Waals surface area contributed by atoms with Crippen LogP contribution in [-0.4, -0.2) is 9.97 Å². The monoisotopic (exact) mass is 279 g/mol. The van der Waals surface area contributed by atoms with Gasteiger partial charge < -0.3 is 11.1 Å². The number of nitrogens with zero attached hydrogens (tertiary/aromatic N) is 1. The molecule has 0 saturated heterocycles. The van der Waals surface area contributed by atoms with Gasteiger partial charge in [0.05, 0.1) is 17.6 Å². The van der Waals surface area contributed by atoms with E-state index in [0.717, 1.165) is 11.4 Å². The van der Waals surface area contributed by atoms with Gasteiger partial charge in [-0.25, -0.2) is 0 Å². The van der Waals surface area contributed by atoms with E-state index in [1.165, 1.54) is 10.8 Å². The molecule has 4 heteroatoms. The van der Waals surface area contributed by atoms with E-state index in [4.69, 9.17) is 18.0 Å². The first-order valence-corrected chi connectivity index (χ1v) is 6.65. The van der Waals surface area contributed by atoms with Crippen LogP contribution in [0.3, 0.4) is 0 Å². The van der Waals surface area contributed by atoms with Crippen molar-refractivity contribution < 1.29 is 0 Å². The minimum absolute atomic E-state index is 0.308. The molecule has 0 bridgehead atoms. The predicted octanol–water partition coefficient (Wildman–Crippen LogP) is 3.61. The fraction of sp³-hybridized carbons (Fsp3) is 0. The fourth-order valence-electron chi connectivity index (χ4n) is 2.05. The highest BCUT2D eigenvalue weighted by atomic mass is 32.1. The SMILES string of the molecule is NC(=S)c1ccc(Nc2ccc3ccccc3c2)cn1. The molecule has 3 nitrogen and oxygen atoms in total. The van der Waals surface area contributed by atoms with Crippen LogP contribution in [0.1, 0.15) is 5.69 Å². The Bertz CT molecular complexity index is 766. The number of pyridine rings is 1. The lowest BCUT2D eigenvalue weighted by molar-refractivity contribution is 1.29. The highest BCUT2D eigenvalue weighted by molar-refractivity contribution is 7.80. The van der Waals surface area contributed by atoms with Crippen molar-refractivity contribution in [3.05, 3.63) is 66.5 Å². The molecule has 3 aromatic rings. The van der Waals surface area contributed by atoms with Crippen LogP contribution in [0.25, 0.3) is 10.8 Å². The molecule has 0 aliphatic rings. The van der Waals surface area contributed by atoms with E-state index in [1.54, 1.807) is 6.20 Å². The molecule has 20 heavy (non-hydrogen) atoms. The third-order valence-electron chi connectivity index (χ3n) is 3.05. The molecule has 0 spiro atoms. The number of hydrogen-bond acceptors (Lipinski definition) is 3. The van der Waals surface area contributed by atoms with E-state index in [0.29, 0.717) is 10.7 Å². The minimum Gasteiger partial charge on any atom is -0.388 e. The Balaban J connectivity index is 1.87. The molecule has 0 unspecified atom stereocenters. The maximum atomic E-state index is 5.53. The van der Waals surface area contributed by atoms with Gasteiger partial charge in [0.15, 0.2) is 0 Å². The summed E-state index contributed by atoms with van der Waals surface area (Å²) in [5, 5.41) is 5.74. The summed E-state index contributed by atoms with van der Waals surface area (Å²) in [4.78, 5) is 4.52. The second kappa shape index (κ2) is 5.27. The summed E-state index contributed by atoms with van der Waals surface area (Å²) in [5.74, 6) is 0. The van der Waals surface area contributed by atoms with Crippen LogP contribution in [0.15, 0.2) is 60.8 Å². The first-order valence-electron chi connectivity index (χ1n) is 6.24. The zero-order valence-electron chi connectivity index (χ0n) is 10.7. The Morgan fingerprint density at radius 2 is 1.70 bits per heavy atom. The Kier molecular flexibility index (Phi) is 3.31. The van der Waals surface area contributed by atoms with Crippen molar-refractivity contribution in [3.63, 3.8) is 0 Å². The molecule has 0 atom stereocenters. The maximum Gasteiger partial charge on any atom is 0.122 e. The van der Waals surface area contributed by atoms with Crippen LogP contribution in [0.4, 0.5) is 11.4 Å². The quantitative estimate of drug-likeness (QED) is 0.719. The van der Waals surface area contributed by atoms with Crippen molar-refractivity contribution in [2.24, 2.45) is 5.73 Å². The number of aromatic nitrogens is 1.